The van der Waals surface area contributed by atoms with E-state index in [1.165, 1.54) is 6.92 Å². The van der Waals surface area contributed by atoms with Gasteiger partial charge in [0.25, 0.3) is 0 Å². The fourth-order valence-electron chi connectivity index (χ4n) is 1.29. The molecular formula is C15H16O3. The summed E-state index contributed by atoms with van der Waals surface area (Å²) in [6.45, 7) is 4.74. The van der Waals surface area contributed by atoms with Crippen LogP contribution in [0.3, 0.4) is 0 Å². The molecule has 0 spiro atoms. The lowest BCUT2D eigenvalue weighted by Gasteiger charge is -2.18. The first-order chi connectivity index (χ1) is 8.39. The minimum Gasteiger partial charge on any atom is -0.446 e. The van der Waals surface area contributed by atoms with Crippen molar-refractivity contribution in [3.8, 4) is 11.8 Å². The van der Waals surface area contributed by atoms with Crippen molar-refractivity contribution in [3.63, 3.8) is 0 Å². The van der Waals surface area contributed by atoms with Crippen molar-refractivity contribution >= 4 is 11.8 Å². The Hall–Kier alpha value is -2.08. The molecular weight excluding hydrogens is 228 g/mol. The number of esters is 1. The molecule has 0 bridgehead atoms. The normalized spacial score (nSPS) is 10.2. The van der Waals surface area contributed by atoms with E-state index in [1.807, 2.05) is 30.3 Å². The molecule has 94 valence electrons. The molecule has 0 aromatic heterocycles. The molecule has 0 N–H and O–H groups in total. The quantitative estimate of drug-likeness (QED) is 0.465. The molecule has 1 aromatic rings. The summed E-state index contributed by atoms with van der Waals surface area (Å²) in [5.41, 5.74) is -0.0456. The van der Waals surface area contributed by atoms with Crippen molar-refractivity contribution in [2.75, 3.05) is 0 Å². The number of hydrogen-bond donors (Lipinski definition) is 0. The van der Waals surface area contributed by atoms with E-state index >= 15 is 0 Å². The van der Waals surface area contributed by atoms with Crippen LogP contribution >= 0.6 is 0 Å². The fourth-order valence-corrected chi connectivity index (χ4v) is 1.29. The molecule has 0 saturated carbocycles. The summed E-state index contributed by atoms with van der Waals surface area (Å²) in [6, 6.07) is 9.43. The Morgan fingerprint density at radius 1 is 1.22 bits per heavy atom. The van der Waals surface area contributed by atoms with Crippen LogP contribution in [0.5, 0.6) is 0 Å². The van der Waals surface area contributed by atoms with Gasteiger partial charge in [-0.2, -0.15) is 0 Å². The summed E-state index contributed by atoms with van der Waals surface area (Å²) < 4.78 is 5.14. The zero-order valence-corrected chi connectivity index (χ0v) is 10.8. The molecule has 1 aromatic carbocycles. The van der Waals surface area contributed by atoms with E-state index in [9.17, 15) is 9.59 Å². The maximum absolute atomic E-state index is 11.4. The Morgan fingerprint density at radius 2 is 1.83 bits per heavy atom. The van der Waals surface area contributed by atoms with E-state index in [0.717, 1.165) is 5.56 Å². The standard InChI is InChI=1S/C15H16O3/c1-12(16)11-14(17)18-15(2,3)10-9-13-7-5-4-6-8-13/h4-8H,11H2,1-3H3. The fraction of sp³-hybridized carbons (Fsp3) is 0.333. The third-order valence-corrected chi connectivity index (χ3v) is 2.04. The van der Waals surface area contributed by atoms with Crippen LogP contribution < -0.4 is 0 Å². The van der Waals surface area contributed by atoms with Crippen LogP contribution in [-0.4, -0.2) is 17.4 Å². The van der Waals surface area contributed by atoms with Crippen LogP contribution in [0, 0.1) is 11.8 Å². The van der Waals surface area contributed by atoms with Gasteiger partial charge in [0.15, 0.2) is 5.60 Å². The van der Waals surface area contributed by atoms with Crippen LogP contribution in [-0.2, 0) is 14.3 Å². The highest BCUT2D eigenvalue weighted by molar-refractivity contribution is 5.94. The van der Waals surface area contributed by atoms with Gasteiger partial charge in [-0.3, -0.25) is 9.59 Å². The number of rotatable bonds is 3. The van der Waals surface area contributed by atoms with Crippen molar-refractivity contribution in [1.29, 1.82) is 0 Å². The van der Waals surface area contributed by atoms with Crippen molar-refractivity contribution in [3.05, 3.63) is 35.9 Å². The van der Waals surface area contributed by atoms with E-state index in [0.29, 0.717) is 0 Å². The molecule has 3 nitrogen and oxygen atoms in total. The Bertz CT molecular complexity index is 489. The first-order valence-corrected chi connectivity index (χ1v) is 5.68. The number of ether oxygens (including phenoxy) is 1. The van der Waals surface area contributed by atoms with E-state index in [2.05, 4.69) is 11.8 Å². The molecule has 0 saturated heterocycles. The van der Waals surface area contributed by atoms with Gasteiger partial charge >= 0.3 is 5.97 Å². The third-order valence-electron chi connectivity index (χ3n) is 2.04. The number of benzene rings is 1. The minimum absolute atomic E-state index is 0.212. The van der Waals surface area contributed by atoms with Crippen molar-refractivity contribution in [2.24, 2.45) is 0 Å². The van der Waals surface area contributed by atoms with Crippen molar-refractivity contribution < 1.29 is 14.3 Å². The Kier molecular flexibility index (Phi) is 4.67. The molecule has 0 amide bonds. The van der Waals surface area contributed by atoms with Gasteiger partial charge in [0.2, 0.25) is 0 Å². The summed E-state index contributed by atoms with van der Waals surface area (Å²) in [6.07, 6.45) is -0.212. The highest BCUT2D eigenvalue weighted by Gasteiger charge is 2.20. The zero-order valence-electron chi connectivity index (χ0n) is 10.8. The van der Waals surface area contributed by atoms with Crippen molar-refractivity contribution in [2.45, 2.75) is 32.8 Å². The summed E-state index contributed by atoms with van der Waals surface area (Å²) in [4.78, 5) is 22.2. The van der Waals surface area contributed by atoms with Crippen LogP contribution in [0.15, 0.2) is 30.3 Å². The maximum Gasteiger partial charge on any atom is 0.314 e. The molecule has 0 atom stereocenters. The van der Waals surface area contributed by atoms with Gasteiger partial charge in [-0.15, -0.1) is 0 Å². The van der Waals surface area contributed by atoms with Gasteiger partial charge in [-0.1, -0.05) is 30.0 Å². The van der Waals surface area contributed by atoms with Crippen LogP contribution in [0.4, 0.5) is 0 Å². The second-order valence-corrected chi connectivity index (χ2v) is 4.48. The molecule has 0 aliphatic rings. The maximum atomic E-state index is 11.4. The lowest BCUT2D eigenvalue weighted by Crippen LogP contribution is -2.27. The molecule has 0 radical (unpaired) electrons. The molecule has 0 aliphatic heterocycles. The number of carbonyl (C=O) groups excluding carboxylic acids is 2. The zero-order chi connectivity index (χ0) is 13.6. The van der Waals surface area contributed by atoms with Gasteiger partial charge in [-0.05, 0) is 32.9 Å². The van der Waals surface area contributed by atoms with Gasteiger partial charge < -0.3 is 4.74 Å². The largest absolute Gasteiger partial charge is 0.446 e. The highest BCUT2D eigenvalue weighted by atomic mass is 16.6. The van der Waals surface area contributed by atoms with E-state index in [-0.39, 0.29) is 12.2 Å². The third kappa shape index (κ3) is 5.31. The molecule has 0 fully saturated rings. The number of hydrogen-bond acceptors (Lipinski definition) is 3. The monoisotopic (exact) mass is 244 g/mol. The van der Waals surface area contributed by atoms with Crippen LogP contribution in [0.1, 0.15) is 32.8 Å². The highest BCUT2D eigenvalue weighted by Crippen LogP contribution is 2.09. The molecule has 0 unspecified atom stereocenters. The van der Waals surface area contributed by atoms with Gasteiger partial charge in [0, 0.05) is 5.56 Å². The molecule has 0 heterocycles. The molecule has 0 aliphatic carbocycles. The summed E-state index contributed by atoms with van der Waals surface area (Å²) in [7, 11) is 0. The molecule has 3 heteroatoms. The Balaban J connectivity index is 2.68. The van der Waals surface area contributed by atoms with E-state index in [4.69, 9.17) is 4.74 Å². The lowest BCUT2D eigenvalue weighted by atomic mass is 10.1. The first kappa shape index (κ1) is 14.0. The predicted octanol–water partition coefficient (Wildman–Crippen LogP) is 2.34. The summed E-state index contributed by atoms with van der Waals surface area (Å²) in [5, 5.41) is 0. The van der Waals surface area contributed by atoms with Crippen LogP contribution in [0.2, 0.25) is 0 Å². The van der Waals surface area contributed by atoms with Gasteiger partial charge in [0.05, 0.1) is 0 Å². The average molecular weight is 244 g/mol. The molecule has 18 heavy (non-hydrogen) atoms. The Labute approximate surface area is 107 Å². The SMILES string of the molecule is CC(=O)CC(=O)OC(C)(C)C#Cc1ccccc1. The second kappa shape index (κ2) is 6.02. The summed E-state index contributed by atoms with van der Waals surface area (Å²) in [5.74, 6) is 5.04. The van der Waals surface area contributed by atoms with Crippen LogP contribution in [0.25, 0.3) is 0 Å². The average Bonchev–Trinajstić information content (AvgIpc) is 2.26. The number of carbonyl (C=O) groups is 2. The number of ketones is 1. The van der Waals surface area contributed by atoms with Crippen molar-refractivity contribution in [1.82, 2.24) is 0 Å². The molecule has 1 rings (SSSR count). The minimum atomic E-state index is -0.900. The number of Topliss-reactive ketones (excluding diaryl/α,β-unsaturated/α-hetero) is 1. The second-order valence-electron chi connectivity index (χ2n) is 4.48. The summed E-state index contributed by atoms with van der Waals surface area (Å²) >= 11 is 0. The lowest BCUT2D eigenvalue weighted by molar-refractivity contribution is -0.153. The Morgan fingerprint density at radius 3 is 2.39 bits per heavy atom. The van der Waals surface area contributed by atoms with Gasteiger partial charge in [0.1, 0.15) is 12.2 Å². The van der Waals surface area contributed by atoms with E-state index < -0.39 is 11.6 Å². The smallest absolute Gasteiger partial charge is 0.314 e. The van der Waals surface area contributed by atoms with E-state index in [1.54, 1.807) is 13.8 Å². The van der Waals surface area contributed by atoms with Gasteiger partial charge in [-0.25, -0.2) is 0 Å². The topological polar surface area (TPSA) is 43.4 Å². The predicted molar refractivity (Wildman–Crippen MR) is 68.8 cm³/mol. The first-order valence-electron chi connectivity index (χ1n) is 5.68.